The number of rotatable bonds is 7. The number of benzene rings is 3. The number of carbonyl (C=O) groups excluding carboxylic acids is 1. The number of fused-ring (bicyclic) bond motifs is 1. The van der Waals surface area contributed by atoms with Gasteiger partial charge in [-0.25, -0.2) is 23.5 Å². The number of halogens is 2. The largest absolute Gasteiger partial charge is 0.481 e. The Labute approximate surface area is 219 Å². The first-order chi connectivity index (χ1) is 18.4. The van der Waals surface area contributed by atoms with Gasteiger partial charge in [0.05, 0.1) is 21.6 Å². The number of amides is 2. The lowest BCUT2D eigenvalue weighted by Gasteiger charge is -2.09. The fourth-order valence-corrected chi connectivity index (χ4v) is 5.00. The maximum Gasteiger partial charge on any atom is 0.323 e. The van der Waals surface area contributed by atoms with E-state index in [1.807, 2.05) is 29.6 Å². The average molecular weight is 531 g/mol. The van der Waals surface area contributed by atoms with Gasteiger partial charge >= 0.3 is 12.0 Å². The number of carboxylic acids is 1. The molecule has 10 heteroatoms. The van der Waals surface area contributed by atoms with E-state index in [4.69, 9.17) is 5.11 Å². The van der Waals surface area contributed by atoms with Crippen LogP contribution >= 0.6 is 11.3 Å². The average Bonchev–Trinajstić information content (AvgIpc) is 3.35. The van der Waals surface area contributed by atoms with Gasteiger partial charge in [-0.2, -0.15) is 0 Å². The van der Waals surface area contributed by atoms with Crippen LogP contribution in [0.15, 0.2) is 78.4 Å². The smallest absolute Gasteiger partial charge is 0.323 e. The number of nitrogens with zero attached hydrogens (tertiary/aromatic N) is 2. The number of aryl methyl sites for hydroxylation is 1. The predicted octanol–water partition coefficient (Wildman–Crippen LogP) is 6.96. The Bertz CT molecular complexity index is 1640. The molecule has 38 heavy (non-hydrogen) atoms. The normalized spacial score (nSPS) is 10.9. The van der Waals surface area contributed by atoms with E-state index >= 15 is 0 Å². The summed E-state index contributed by atoms with van der Waals surface area (Å²) in [5.74, 6) is -3.00. The maximum absolute atomic E-state index is 13.8. The highest BCUT2D eigenvalue weighted by Crippen LogP contribution is 2.37. The van der Waals surface area contributed by atoms with Crippen LogP contribution in [0.5, 0.6) is 0 Å². The molecule has 3 N–H and O–H groups in total. The number of carboxylic acid groups (broad SMARTS) is 1. The van der Waals surface area contributed by atoms with Crippen LogP contribution in [0.3, 0.4) is 0 Å². The molecule has 0 aliphatic carbocycles. The number of aromatic nitrogens is 2. The van der Waals surface area contributed by atoms with Crippen molar-refractivity contribution in [3.63, 3.8) is 0 Å². The highest BCUT2D eigenvalue weighted by Gasteiger charge is 2.15. The van der Waals surface area contributed by atoms with Crippen molar-refractivity contribution in [2.24, 2.45) is 0 Å². The Kier molecular flexibility index (Phi) is 7.05. The summed E-state index contributed by atoms with van der Waals surface area (Å²) in [5, 5.41) is 15.8. The molecule has 0 saturated heterocycles. The molecular formula is C28H20F2N4O3S. The molecular weight excluding hydrogens is 510 g/mol. The van der Waals surface area contributed by atoms with E-state index in [1.165, 1.54) is 29.8 Å². The summed E-state index contributed by atoms with van der Waals surface area (Å²) in [6.45, 7) is 0. The van der Waals surface area contributed by atoms with E-state index in [2.05, 4.69) is 20.6 Å². The van der Waals surface area contributed by atoms with Crippen molar-refractivity contribution in [1.29, 1.82) is 0 Å². The number of hydrogen-bond acceptors (Lipinski definition) is 5. The fraction of sp³-hybridized carbons (Fsp3) is 0.0714. The van der Waals surface area contributed by atoms with Gasteiger partial charge in [-0.15, -0.1) is 11.3 Å². The molecule has 190 valence electrons. The Morgan fingerprint density at radius 3 is 2.37 bits per heavy atom. The number of anilines is 2. The van der Waals surface area contributed by atoms with Gasteiger partial charge in [0, 0.05) is 28.6 Å². The van der Waals surface area contributed by atoms with E-state index in [9.17, 15) is 18.4 Å². The van der Waals surface area contributed by atoms with Gasteiger partial charge in [-0.1, -0.05) is 42.5 Å². The standard InChI is InChI=1S/C28H20F2N4O3S/c29-21-2-1-3-22(24(21)30)34-28(37)33-19-11-9-18(10-12-19)25-27-26(32-15-31-25)20(14-38-27)17-7-4-16(5-8-17)6-13-23(35)36/h1-5,7-12,14-15H,6,13H2,(H,35,36)(H2,33,34,37). The van der Waals surface area contributed by atoms with Crippen LogP contribution in [0.2, 0.25) is 0 Å². The third-order valence-electron chi connectivity index (χ3n) is 5.86. The monoisotopic (exact) mass is 530 g/mol. The quantitative estimate of drug-likeness (QED) is 0.211. The first-order valence-electron chi connectivity index (χ1n) is 11.5. The minimum absolute atomic E-state index is 0.0852. The first-order valence-corrected chi connectivity index (χ1v) is 12.4. The molecule has 0 fully saturated rings. The third-order valence-corrected chi connectivity index (χ3v) is 6.84. The van der Waals surface area contributed by atoms with Crippen LogP contribution in [-0.4, -0.2) is 27.1 Å². The minimum atomic E-state index is -1.13. The van der Waals surface area contributed by atoms with Gasteiger partial charge in [0.25, 0.3) is 0 Å². The van der Waals surface area contributed by atoms with Crippen LogP contribution in [-0.2, 0) is 11.2 Å². The van der Waals surface area contributed by atoms with E-state index in [1.54, 1.807) is 24.3 Å². The van der Waals surface area contributed by atoms with Gasteiger partial charge in [-0.3, -0.25) is 4.79 Å². The number of aliphatic carboxylic acids is 1. The van der Waals surface area contributed by atoms with E-state index in [0.717, 1.165) is 44.2 Å². The summed E-state index contributed by atoms with van der Waals surface area (Å²) in [6, 6.07) is 17.6. The number of hydrogen-bond donors (Lipinski definition) is 3. The van der Waals surface area contributed by atoms with Crippen LogP contribution in [0, 0.1) is 11.6 Å². The van der Waals surface area contributed by atoms with Crippen molar-refractivity contribution in [2.45, 2.75) is 12.8 Å². The maximum atomic E-state index is 13.8. The molecule has 2 amide bonds. The lowest BCUT2D eigenvalue weighted by molar-refractivity contribution is -0.136. The number of carbonyl (C=O) groups is 2. The number of nitrogens with one attached hydrogen (secondary N) is 2. The lowest BCUT2D eigenvalue weighted by Crippen LogP contribution is -2.20. The SMILES string of the molecule is O=C(O)CCc1ccc(-c2csc3c(-c4ccc(NC(=O)Nc5cccc(F)c5F)cc4)ncnc23)cc1. The zero-order chi connectivity index (χ0) is 26.6. The molecule has 7 nitrogen and oxygen atoms in total. The van der Waals surface area contributed by atoms with Crippen LogP contribution < -0.4 is 10.6 Å². The van der Waals surface area contributed by atoms with Gasteiger partial charge in [0.2, 0.25) is 0 Å². The highest BCUT2D eigenvalue weighted by atomic mass is 32.1. The Hall–Kier alpha value is -4.70. The molecule has 3 aromatic carbocycles. The Balaban J connectivity index is 1.33. The summed E-state index contributed by atoms with van der Waals surface area (Å²) in [4.78, 5) is 32.0. The summed E-state index contributed by atoms with van der Waals surface area (Å²) in [7, 11) is 0. The fourth-order valence-electron chi connectivity index (χ4n) is 3.96. The lowest BCUT2D eigenvalue weighted by atomic mass is 10.0. The van der Waals surface area contributed by atoms with Gasteiger partial charge < -0.3 is 15.7 Å². The van der Waals surface area contributed by atoms with E-state index in [0.29, 0.717) is 12.1 Å². The Morgan fingerprint density at radius 1 is 0.895 bits per heavy atom. The molecule has 2 aromatic heterocycles. The predicted molar refractivity (Wildman–Crippen MR) is 143 cm³/mol. The number of urea groups is 1. The van der Waals surface area contributed by atoms with Crippen molar-refractivity contribution in [2.75, 3.05) is 10.6 Å². The molecule has 0 radical (unpaired) electrons. The molecule has 0 unspecified atom stereocenters. The van der Waals surface area contributed by atoms with Crippen molar-refractivity contribution in [3.05, 3.63) is 95.6 Å². The molecule has 0 aliphatic heterocycles. The minimum Gasteiger partial charge on any atom is -0.481 e. The van der Waals surface area contributed by atoms with E-state index in [-0.39, 0.29) is 12.1 Å². The van der Waals surface area contributed by atoms with Gasteiger partial charge in [-0.05, 0) is 41.8 Å². The Morgan fingerprint density at radius 2 is 1.63 bits per heavy atom. The van der Waals surface area contributed by atoms with Crippen LogP contribution in [0.1, 0.15) is 12.0 Å². The molecule has 0 atom stereocenters. The zero-order valence-electron chi connectivity index (χ0n) is 19.7. The summed E-state index contributed by atoms with van der Waals surface area (Å²) in [5.41, 5.74) is 5.44. The molecule has 0 spiro atoms. The van der Waals surface area contributed by atoms with Gasteiger partial charge in [0.15, 0.2) is 11.6 Å². The molecule has 5 aromatic rings. The third kappa shape index (κ3) is 5.35. The molecule has 0 bridgehead atoms. The van der Waals surface area contributed by atoms with Crippen molar-refractivity contribution < 1.29 is 23.5 Å². The summed E-state index contributed by atoms with van der Waals surface area (Å²) >= 11 is 1.52. The van der Waals surface area contributed by atoms with Crippen molar-refractivity contribution in [3.8, 4) is 22.4 Å². The number of thiophene rings is 1. The molecule has 5 rings (SSSR count). The first kappa shape index (κ1) is 25.0. The highest BCUT2D eigenvalue weighted by molar-refractivity contribution is 7.18. The van der Waals surface area contributed by atoms with Gasteiger partial charge in [0.1, 0.15) is 6.33 Å². The van der Waals surface area contributed by atoms with Crippen molar-refractivity contribution in [1.82, 2.24) is 9.97 Å². The topological polar surface area (TPSA) is 104 Å². The van der Waals surface area contributed by atoms with Crippen LogP contribution in [0.25, 0.3) is 32.6 Å². The second-order valence-electron chi connectivity index (χ2n) is 8.40. The second kappa shape index (κ2) is 10.7. The van der Waals surface area contributed by atoms with Crippen molar-refractivity contribution >= 4 is 44.9 Å². The molecule has 0 saturated carbocycles. The summed E-state index contributed by atoms with van der Waals surface area (Å²) in [6.07, 6.45) is 2.06. The molecule has 2 heterocycles. The van der Waals surface area contributed by atoms with Crippen LogP contribution in [0.4, 0.5) is 25.0 Å². The molecule has 0 aliphatic rings. The summed E-state index contributed by atoms with van der Waals surface area (Å²) < 4.78 is 28.1. The second-order valence-corrected chi connectivity index (χ2v) is 9.28. The van der Waals surface area contributed by atoms with E-state index < -0.39 is 23.6 Å². The zero-order valence-corrected chi connectivity index (χ0v) is 20.6.